The van der Waals surface area contributed by atoms with E-state index < -0.39 is 29.5 Å². The molecule has 0 spiro atoms. The molecule has 1 unspecified atom stereocenters. The molecule has 1 atom stereocenters. The highest BCUT2D eigenvalue weighted by Gasteiger charge is 2.31. The highest BCUT2D eigenvalue weighted by Crippen LogP contribution is 2.32. The number of hydrogen-bond donors (Lipinski definition) is 2. The molecule has 0 aliphatic carbocycles. The topological polar surface area (TPSA) is 60.8 Å². The number of nitrogens with zero attached hydrogens (tertiary/aromatic N) is 1. The van der Waals surface area contributed by atoms with Gasteiger partial charge in [0.15, 0.2) is 0 Å². The van der Waals surface area contributed by atoms with Crippen molar-refractivity contribution in [3.05, 3.63) is 29.3 Å². The van der Waals surface area contributed by atoms with Gasteiger partial charge in [-0.25, -0.2) is 0 Å². The summed E-state index contributed by atoms with van der Waals surface area (Å²) in [4.78, 5) is 12.1. The first kappa shape index (κ1) is 15.3. The van der Waals surface area contributed by atoms with Crippen molar-refractivity contribution in [2.75, 3.05) is 7.05 Å². The lowest BCUT2D eigenvalue weighted by atomic mass is 10.1. The zero-order valence-electron chi connectivity index (χ0n) is 10.4. The average molecular weight is 277 g/mol. The Hall–Kier alpha value is -1.76. The van der Waals surface area contributed by atoms with E-state index in [4.69, 9.17) is 5.11 Å². The smallest absolute Gasteiger partial charge is 0.416 e. The number of aromatic hydroxyl groups is 1. The van der Waals surface area contributed by atoms with Crippen LogP contribution in [0.1, 0.15) is 18.1 Å². The van der Waals surface area contributed by atoms with E-state index in [1.54, 1.807) is 0 Å². The number of aliphatic carboxylic acids is 1. The fourth-order valence-electron chi connectivity index (χ4n) is 1.54. The molecule has 0 aliphatic rings. The van der Waals surface area contributed by atoms with Crippen molar-refractivity contribution in [2.24, 2.45) is 0 Å². The van der Waals surface area contributed by atoms with E-state index in [9.17, 15) is 23.1 Å². The molecule has 0 heterocycles. The second kappa shape index (κ2) is 5.48. The van der Waals surface area contributed by atoms with E-state index in [-0.39, 0.29) is 12.1 Å². The van der Waals surface area contributed by atoms with Gasteiger partial charge in [-0.3, -0.25) is 9.69 Å². The van der Waals surface area contributed by atoms with Gasteiger partial charge in [0.2, 0.25) is 0 Å². The Labute approximate surface area is 108 Å². The quantitative estimate of drug-likeness (QED) is 0.886. The maximum atomic E-state index is 12.6. The normalized spacial score (nSPS) is 13.6. The third-order valence-electron chi connectivity index (χ3n) is 2.76. The zero-order chi connectivity index (χ0) is 14.8. The highest BCUT2D eigenvalue weighted by molar-refractivity contribution is 5.72. The van der Waals surface area contributed by atoms with E-state index in [1.165, 1.54) is 24.9 Å². The summed E-state index contributed by atoms with van der Waals surface area (Å²) in [6.07, 6.45) is -4.55. The summed E-state index contributed by atoms with van der Waals surface area (Å²) in [6.45, 7) is 1.42. The third-order valence-corrected chi connectivity index (χ3v) is 2.76. The van der Waals surface area contributed by atoms with Gasteiger partial charge < -0.3 is 10.2 Å². The molecular weight excluding hydrogens is 263 g/mol. The molecule has 0 bridgehead atoms. The van der Waals surface area contributed by atoms with Crippen LogP contribution in [0.3, 0.4) is 0 Å². The van der Waals surface area contributed by atoms with Crippen molar-refractivity contribution >= 4 is 5.97 Å². The van der Waals surface area contributed by atoms with Gasteiger partial charge in [-0.2, -0.15) is 13.2 Å². The Kier molecular flexibility index (Phi) is 4.41. The van der Waals surface area contributed by atoms with Crippen molar-refractivity contribution in [2.45, 2.75) is 25.7 Å². The number of carboxylic acids is 1. The summed E-state index contributed by atoms with van der Waals surface area (Å²) in [5, 5.41) is 18.1. The first-order chi connectivity index (χ1) is 8.61. The van der Waals surface area contributed by atoms with Crippen molar-refractivity contribution in [1.82, 2.24) is 4.90 Å². The van der Waals surface area contributed by atoms with Gasteiger partial charge in [0.05, 0.1) is 5.56 Å². The molecule has 7 heteroatoms. The van der Waals surface area contributed by atoms with E-state index >= 15 is 0 Å². The predicted octanol–water partition coefficient (Wildman–Crippen LogP) is 2.32. The highest BCUT2D eigenvalue weighted by atomic mass is 19.4. The summed E-state index contributed by atoms with van der Waals surface area (Å²) in [7, 11) is 1.48. The van der Waals surface area contributed by atoms with Crippen LogP contribution in [0.5, 0.6) is 5.75 Å². The maximum absolute atomic E-state index is 12.6. The largest absolute Gasteiger partial charge is 0.508 e. The molecular formula is C12H14F3NO3. The number of rotatable bonds is 4. The SMILES string of the molecule is CC(C(=O)O)N(C)Cc1cc(O)cc(C(F)(F)F)c1. The molecule has 1 aromatic carbocycles. The monoisotopic (exact) mass is 277 g/mol. The summed E-state index contributed by atoms with van der Waals surface area (Å²) < 4.78 is 37.7. The molecule has 0 saturated carbocycles. The Balaban J connectivity index is 2.96. The molecule has 1 aromatic rings. The van der Waals surface area contributed by atoms with Gasteiger partial charge in [-0.15, -0.1) is 0 Å². The van der Waals surface area contributed by atoms with Crippen LogP contribution in [-0.4, -0.2) is 34.2 Å². The van der Waals surface area contributed by atoms with Crippen molar-refractivity contribution in [3.63, 3.8) is 0 Å². The first-order valence-corrected chi connectivity index (χ1v) is 5.44. The fraction of sp³-hybridized carbons (Fsp3) is 0.417. The lowest BCUT2D eigenvalue weighted by Crippen LogP contribution is -2.35. The second-order valence-electron chi connectivity index (χ2n) is 4.32. The molecule has 0 aliphatic heterocycles. The van der Waals surface area contributed by atoms with Gasteiger partial charge in [0.1, 0.15) is 11.8 Å². The number of benzene rings is 1. The Morgan fingerprint density at radius 1 is 1.37 bits per heavy atom. The van der Waals surface area contributed by atoms with Gasteiger partial charge >= 0.3 is 12.1 Å². The fourth-order valence-corrected chi connectivity index (χ4v) is 1.54. The lowest BCUT2D eigenvalue weighted by Gasteiger charge is -2.21. The minimum Gasteiger partial charge on any atom is -0.508 e. The second-order valence-corrected chi connectivity index (χ2v) is 4.32. The van der Waals surface area contributed by atoms with Crippen LogP contribution in [0.4, 0.5) is 13.2 Å². The lowest BCUT2D eigenvalue weighted by molar-refractivity contribution is -0.142. The Morgan fingerprint density at radius 2 is 1.95 bits per heavy atom. The Morgan fingerprint density at radius 3 is 2.42 bits per heavy atom. The van der Waals surface area contributed by atoms with Gasteiger partial charge in [-0.05, 0) is 37.7 Å². The van der Waals surface area contributed by atoms with Crippen LogP contribution in [0.15, 0.2) is 18.2 Å². The van der Waals surface area contributed by atoms with Crippen molar-refractivity contribution in [1.29, 1.82) is 0 Å². The number of hydrogen-bond acceptors (Lipinski definition) is 3. The minimum absolute atomic E-state index is 0.00898. The number of likely N-dealkylation sites (N-methyl/N-ethyl adjacent to an activating group) is 1. The molecule has 19 heavy (non-hydrogen) atoms. The van der Waals surface area contributed by atoms with Crippen LogP contribution in [0.2, 0.25) is 0 Å². The summed E-state index contributed by atoms with van der Waals surface area (Å²) in [6, 6.07) is 1.87. The molecule has 4 nitrogen and oxygen atoms in total. The molecule has 0 aromatic heterocycles. The number of halogens is 3. The van der Waals surface area contributed by atoms with E-state index in [0.717, 1.165) is 6.07 Å². The van der Waals surface area contributed by atoms with Crippen LogP contribution < -0.4 is 0 Å². The van der Waals surface area contributed by atoms with Gasteiger partial charge in [-0.1, -0.05) is 0 Å². The molecule has 2 N–H and O–H groups in total. The number of phenols is 1. The molecule has 0 saturated heterocycles. The van der Waals surface area contributed by atoms with Gasteiger partial charge in [0, 0.05) is 6.54 Å². The van der Waals surface area contributed by atoms with Crippen molar-refractivity contribution < 1.29 is 28.2 Å². The summed E-state index contributed by atoms with van der Waals surface area (Å²) >= 11 is 0. The van der Waals surface area contributed by atoms with Crippen LogP contribution in [0, 0.1) is 0 Å². The van der Waals surface area contributed by atoms with E-state index in [2.05, 4.69) is 0 Å². The summed E-state index contributed by atoms with van der Waals surface area (Å²) in [5.41, 5.74) is -0.762. The number of carbonyl (C=O) groups is 1. The maximum Gasteiger partial charge on any atom is 0.416 e. The Bertz CT molecular complexity index is 474. The minimum atomic E-state index is -4.55. The summed E-state index contributed by atoms with van der Waals surface area (Å²) in [5.74, 6) is -1.57. The van der Waals surface area contributed by atoms with Gasteiger partial charge in [0.25, 0.3) is 0 Å². The molecule has 0 radical (unpaired) electrons. The third kappa shape index (κ3) is 4.13. The van der Waals surface area contributed by atoms with Crippen LogP contribution in [-0.2, 0) is 17.5 Å². The van der Waals surface area contributed by atoms with Crippen molar-refractivity contribution in [3.8, 4) is 5.75 Å². The standard InChI is InChI=1S/C12H14F3NO3/c1-7(11(18)19)16(2)6-8-3-9(12(13,14)15)5-10(17)4-8/h3-5,7,17H,6H2,1-2H3,(H,18,19). The van der Waals surface area contributed by atoms with E-state index in [0.29, 0.717) is 6.07 Å². The average Bonchev–Trinajstić information content (AvgIpc) is 2.25. The van der Waals surface area contributed by atoms with E-state index in [1.807, 2.05) is 0 Å². The predicted molar refractivity (Wildman–Crippen MR) is 61.7 cm³/mol. The van der Waals surface area contributed by atoms with Crippen LogP contribution >= 0.6 is 0 Å². The number of carboxylic acid groups (broad SMARTS) is 1. The van der Waals surface area contributed by atoms with Crippen LogP contribution in [0.25, 0.3) is 0 Å². The zero-order valence-corrected chi connectivity index (χ0v) is 10.4. The number of alkyl halides is 3. The first-order valence-electron chi connectivity index (χ1n) is 5.44. The molecule has 0 fully saturated rings. The number of phenolic OH excluding ortho intramolecular Hbond substituents is 1. The molecule has 0 amide bonds. The molecule has 1 rings (SSSR count). The molecule has 106 valence electrons.